The molecule has 2 N–H and O–H groups in total. The van der Waals surface area contributed by atoms with Crippen molar-refractivity contribution >= 4 is 34.8 Å². The molecule has 0 bridgehead atoms. The molecule has 0 aliphatic rings. The van der Waals surface area contributed by atoms with E-state index in [0.717, 1.165) is 5.56 Å². The van der Waals surface area contributed by atoms with Gasteiger partial charge in [0.05, 0.1) is 6.26 Å². The van der Waals surface area contributed by atoms with Crippen molar-refractivity contribution in [3.05, 3.63) is 77.2 Å². The van der Waals surface area contributed by atoms with Crippen LogP contribution in [0.25, 0.3) is 0 Å². The number of hydrogen-bond donors (Lipinski definition) is 2. The normalized spacial score (nSPS) is 11.0. The highest BCUT2D eigenvalue weighted by molar-refractivity contribution is 6.30. The van der Waals surface area contributed by atoms with Crippen LogP contribution in [0.5, 0.6) is 5.75 Å². The van der Waals surface area contributed by atoms with Gasteiger partial charge in [-0.3, -0.25) is 9.59 Å². The zero-order valence-corrected chi connectivity index (χ0v) is 17.0. The number of hydrogen-bond acceptors (Lipinski definition) is 4. The van der Waals surface area contributed by atoms with Crippen LogP contribution < -0.4 is 15.4 Å². The molecule has 0 unspecified atom stereocenters. The molecule has 1 heterocycles. The molecule has 0 atom stereocenters. The Bertz CT molecular complexity index is 1010. The molecule has 7 heteroatoms. The third kappa shape index (κ3) is 5.18. The second-order valence-corrected chi connectivity index (χ2v) is 7.42. The maximum absolute atomic E-state index is 12.7. The first-order valence-electron chi connectivity index (χ1n) is 8.96. The summed E-state index contributed by atoms with van der Waals surface area (Å²) in [5.74, 6) is 0.121. The highest BCUT2D eigenvalue weighted by atomic mass is 35.5. The van der Waals surface area contributed by atoms with Crippen LogP contribution in [0.3, 0.4) is 0 Å². The number of nitrogens with one attached hydrogen (secondary N) is 2. The number of benzene rings is 2. The van der Waals surface area contributed by atoms with E-state index < -0.39 is 5.60 Å². The van der Waals surface area contributed by atoms with Crippen LogP contribution in [-0.2, 0) is 4.79 Å². The Hall–Kier alpha value is -3.25. The number of amides is 2. The lowest BCUT2D eigenvalue weighted by Crippen LogP contribution is -2.42. The van der Waals surface area contributed by atoms with E-state index in [9.17, 15) is 9.59 Å². The highest BCUT2D eigenvalue weighted by Crippen LogP contribution is 2.24. The number of ether oxygens (including phenoxy) is 1. The lowest BCUT2D eigenvalue weighted by atomic mass is 10.1. The summed E-state index contributed by atoms with van der Waals surface area (Å²) in [5, 5.41) is 6.21. The first kappa shape index (κ1) is 20.5. The van der Waals surface area contributed by atoms with Crippen molar-refractivity contribution in [3.63, 3.8) is 0 Å². The summed E-state index contributed by atoms with van der Waals surface area (Å²) in [6, 6.07) is 15.2. The van der Waals surface area contributed by atoms with E-state index in [1.165, 1.54) is 6.26 Å². The topological polar surface area (TPSA) is 80.6 Å². The van der Waals surface area contributed by atoms with Crippen molar-refractivity contribution in [2.24, 2.45) is 0 Å². The van der Waals surface area contributed by atoms with Gasteiger partial charge in [0.2, 0.25) is 0 Å². The van der Waals surface area contributed by atoms with E-state index in [4.69, 9.17) is 20.8 Å². The van der Waals surface area contributed by atoms with E-state index in [0.29, 0.717) is 22.1 Å². The Morgan fingerprint density at radius 1 is 1.03 bits per heavy atom. The van der Waals surface area contributed by atoms with Crippen molar-refractivity contribution < 1.29 is 18.7 Å². The molecule has 2 aromatic carbocycles. The van der Waals surface area contributed by atoms with Gasteiger partial charge in [-0.15, -0.1) is 0 Å². The second-order valence-electron chi connectivity index (χ2n) is 6.98. The molecule has 2 amide bonds. The number of carbonyl (C=O) groups excluding carboxylic acids is 2. The minimum absolute atomic E-state index is 0.225. The van der Waals surface area contributed by atoms with Crippen LogP contribution in [-0.4, -0.2) is 17.4 Å². The zero-order chi connectivity index (χ0) is 21.0. The van der Waals surface area contributed by atoms with Gasteiger partial charge in [-0.2, -0.15) is 0 Å². The van der Waals surface area contributed by atoms with Crippen LogP contribution in [0, 0.1) is 6.92 Å². The van der Waals surface area contributed by atoms with Gasteiger partial charge < -0.3 is 19.8 Å². The smallest absolute Gasteiger partial charge is 0.291 e. The molecule has 0 saturated heterocycles. The van der Waals surface area contributed by atoms with Crippen molar-refractivity contribution in [2.75, 3.05) is 10.6 Å². The van der Waals surface area contributed by atoms with E-state index in [1.807, 2.05) is 6.92 Å². The number of aryl methyl sites for hydroxylation is 1. The van der Waals surface area contributed by atoms with Gasteiger partial charge in [-0.1, -0.05) is 11.6 Å². The first-order valence-corrected chi connectivity index (χ1v) is 9.34. The van der Waals surface area contributed by atoms with Crippen molar-refractivity contribution in [3.8, 4) is 5.75 Å². The van der Waals surface area contributed by atoms with Crippen LogP contribution in [0.1, 0.15) is 30.0 Å². The predicted octanol–water partition coefficient (Wildman–Crippen LogP) is 5.29. The molecule has 0 fully saturated rings. The quantitative estimate of drug-likeness (QED) is 0.576. The van der Waals surface area contributed by atoms with E-state index in [2.05, 4.69) is 10.6 Å². The Morgan fingerprint density at radius 3 is 2.38 bits per heavy atom. The summed E-state index contributed by atoms with van der Waals surface area (Å²) in [5.41, 5.74) is 0.907. The van der Waals surface area contributed by atoms with Gasteiger partial charge in [0.15, 0.2) is 11.4 Å². The largest absolute Gasteiger partial charge is 0.478 e. The zero-order valence-electron chi connectivity index (χ0n) is 16.3. The van der Waals surface area contributed by atoms with Gasteiger partial charge in [0.1, 0.15) is 5.75 Å². The molecule has 150 valence electrons. The average molecular weight is 413 g/mol. The fraction of sp³-hybridized carbons (Fsp3) is 0.182. The summed E-state index contributed by atoms with van der Waals surface area (Å²) in [6.07, 6.45) is 1.44. The number of rotatable bonds is 6. The van der Waals surface area contributed by atoms with E-state index in [-0.39, 0.29) is 17.6 Å². The summed E-state index contributed by atoms with van der Waals surface area (Å²) in [6.45, 7) is 5.20. The summed E-state index contributed by atoms with van der Waals surface area (Å²) in [4.78, 5) is 24.8. The molecule has 0 aliphatic heterocycles. The lowest BCUT2D eigenvalue weighted by molar-refractivity contribution is -0.128. The summed E-state index contributed by atoms with van der Waals surface area (Å²) >= 11 is 5.87. The van der Waals surface area contributed by atoms with Crippen LogP contribution in [0.4, 0.5) is 11.4 Å². The Kier molecular flexibility index (Phi) is 5.94. The summed E-state index contributed by atoms with van der Waals surface area (Å²) < 4.78 is 10.9. The molecular formula is C22H21ClN2O4. The molecule has 3 aromatic rings. The highest BCUT2D eigenvalue weighted by Gasteiger charge is 2.30. The number of carbonyl (C=O) groups is 2. The fourth-order valence-corrected chi connectivity index (χ4v) is 2.72. The molecular weight excluding hydrogens is 392 g/mol. The molecule has 6 nitrogen and oxygen atoms in total. The standard InChI is InChI=1S/C22H21ClN2O4/c1-14-13-16(8-11-18(14)25-20(26)19-5-4-12-28-19)24-21(27)22(2,3)29-17-9-6-15(23)7-10-17/h4-13H,1-3H3,(H,24,27)(H,25,26). The first-order chi connectivity index (χ1) is 13.7. The molecule has 29 heavy (non-hydrogen) atoms. The lowest BCUT2D eigenvalue weighted by Gasteiger charge is -2.25. The Labute approximate surface area is 173 Å². The molecule has 1 aromatic heterocycles. The van der Waals surface area contributed by atoms with Crippen molar-refractivity contribution in [1.29, 1.82) is 0 Å². The molecule has 0 radical (unpaired) electrons. The predicted molar refractivity (Wildman–Crippen MR) is 113 cm³/mol. The maximum Gasteiger partial charge on any atom is 0.291 e. The number of anilines is 2. The maximum atomic E-state index is 12.7. The van der Waals surface area contributed by atoms with E-state index >= 15 is 0 Å². The van der Waals surface area contributed by atoms with Crippen LogP contribution in [0.2, 0.25) is 5.02 Å². The minimum atomic E-state index is -1.10. The second kappa shape index (κ2) is 8.41. The van der Waals surface area contributed by atoms with Gasteiger partial charge in [-0.05, 0) is 80.9 Å². The summed E-state index contributed by atoms with van der Waals surface area (Å²) in [7, 11) is 0. The van der Waals surface area contributed by atoms with E-state index in [1.54, 1.807) is 68.4 Å². The average Bonchev–Trinajstić information content (AvgIpc) is 3.20. The molecule has 3 rings (SSSR count). The van der Waals surface area contributed by atoms with Crippen molar-refractivity contribution in [1.82, 2.24) is 0 Å². The monoisotopic (exact) mass is 412 g/mol. The third-order valence-corrected chi connectivity index (χ3v) is 4.46. The molecule has 0 saturated carbocycles. The SMILES string of the molecule is Cc1cc(NC(=O)C(C)(C)Oc2ccc(Cl)cc2)ccc1NC(=O)c1ccco1. The van der Waals surface area contributed by atoms with Gasteiger partial charge in [-0.25, -0.2) is 0 Å². The fourth-order valence-electron chi connectivity index (χ4n) is 2.60. The molecule has 0 aliphatic carbocycles. The van der Waals surface area contributed by atoms with Crippen molar-refractivity contribution in [2.45, 2.75) is 26.4 Å². The van der Waals surface area contributed by atoms with Gasteiger partial charge in [0, 0.05) is 16.4 Å². The Morgan fingerprint density at radius 2 is 1.76 bits per heavy atom. The van der Waals surface area contributed by atoms with Crippen LogP contribution >= 0.6 is 11.6 Å². The third-order valence-electron chi connectivity index (χ3n) is 4.21. The van der Waals surface area contributed by atoms with Crippen LogP contribution in [0.15, 0.2) is 65.3 Å². The molecule has 0 spiro atoms. The van der Waals surface area contributed by atoms with Gasteiger partial charge in [0.25, 0.3) is 11.8 Å². The number of halogens is 1. The Balaban J connectivity index is 1.66. The minimum Gasteiger partial charge on any atom is -0.478 e. The number of furan rings is 1. The van der Waals surface area contributed by atoms with Gasteiger partial charge >= 0.3 is 0 Å².